The molecule has 2 aromatic heterocycles. The van der Waals surface area contributed by atoms with E-state index in [1.165, 1.54) is 12.5 Å². The fourth-order valence-electron chi connectivity index (χ4n) is 4.03. The first kappa shape index (κ1) is 20.7. The topological polar surface area (TPSA) is 139 Å². The molecule has 1 aliphatic heterocycles. The Morgan fingerprint density at radius 1 is 1.42 bits per heavy atom. The molecule has 3 N–H and O–H groups in total. The van der Waals surface area contributed by atoms with Crippen molar-refractivity contribution in [3.8, 4) is 0 Å². The summed E-state index contributed by atoms with van der Waals surface area (Å²) in [6.45, 7) is 1.32. The summed E-state index contributed by atoms with van der Waals surface area (Å²) in [6, 6.07) is 1.74. The third-order valence-corrected chi connectivity index (χ3v) is 5.73. The number of nitrogens with zero attached hydrogens (tertiary/aromatic N) is 5. The van der Waals surface area contributed by atoms with Gasteiger partial charge in [-0.1, -0.05) is 5.16 Å². The van der Waals surface area contributed by atoms with Gasteiger partial charge in [0.25, 0.3) is 0 Å². The lowest BCUT2D eigenvalue weighted by atomic mass is 9.78. The van der Waals surface area contributed by atoms with Crippen molar-refractivity contribution in [2.24, 2.45) is 16.8 Å². The average Bonchev–Trinajstić information content (AvgIpc) is 3.25. The molecule has 0 aromatic carbocycles. The van der Waals surface area contributed by atoms with Gasteiger partial charge in [-0.25, -0.2) is 14.4 Å². The summed E-state index contributed by atoms with van der Waals surface area (Å²) in [7, 11) is 1.57. The molecule has 0 radical (unpaired) electrons. The van der Waals surface area contributed by atoms with Crippen molar-refractivity contribution < 1.29 is 8.91 Å². The highest BCUT2D eigenvalue weighted by Gasteiger charge is 2.33. The van der Waals surface area contributed by atoms with Crippen LogP contribution in [0.2, 0.25) is 0 Å². The maximum Gasteiger partial charge on any atom is 0.143 e. The molecule has 10 heteroatoms. The fraction of sp³-hybridized carbons (Fsp3) is 0.381. The molecule has 31 heavy (non-hydrogen) atoms. The van der Waals surface area contributed by atoms with Crippen molar-refractivity contribution in [2.45, 2.75) is 25.8 Å². The lowest BCUT2D eigenvalue weighted by molar-refractivity contribution is 0.377. The van der Waals surface area contributed by atoms with Gasteiger partial charge in [0.05, 0.1) is 23.5 Å². The van der Waals surface area contributed by atoms with Crippen LogP contribution in [0.25, 0.3) is 0 Å². The molecule has 0 spiro atoms. The average molecular weight is 422 g/mol. The summed E-state index contributed by atoms with van der Waals surface area (Å²) in [5, 5.41) is 28.4. The number of aromatic nitrogens is 3. The molecule has 2 unspecified atom stereocenters. The maximum absolute atomic E-state index is 14.6. The zero-order chi connectivity index (χ0) is 22.0. The zero-order valence-corrected chi connectivity index (χ0v) is 17.1. The predicted octanol–water partition coefficient (Wildman–Crippen LogP) is 3.01. The van der Waals surface area contributed by atoms with Gasteiger partial charge >= 0.3 is 0 Å². The first-order valence-electron chi connectivity index (χ1n) is 9.97. The molecule has 1 aliphatic carbocycles. The van der Waals surface area contributed by atoms with Gasteiger partial charge in [-0.3, -0.25) is 4.99 Å². The second-order valence-corrected chi connectivity index (χ2v) is 7.61. The van der Waals surface area contributed by atoms with Gasteiger partial charge in [0.15, 0.2) is 0 Å². The van der Waals surface area contributed by atoms with Crippen LogP contribution < -0.4 is 4.90 Å². The van der Waals surface area contributed by atoms with Crippen LogP contribution in [0.5, 0.6) is 0 Å². The Balaban J connectivity index is 1.56. The number of aliphatic imine (C=N–C) groups is 1. The Hall–Kier alpha value is -3.56. The normalized spacial score (nSPS) is 20.1. The number of anilines is 1. The van der Waals surface area contributed by atoms with Crippen molar-refractivity contribution in [3.05, 3.63) is 47.0 Å². The van der Waals surface area contributed by atoms with Crippen molar-refractivity contribution in [3.63, 3.8) is 0 Å². The highest BCUT2D eigenvalue weighted by molar-refractivity contribution is 6.13. The number of fused-ring (bicyclic) bond motifs is 1. The number of allylic oxidation sites excluding steroid dienone is 2. The fourth-order valence-corrected chi connectivity index (χ4v) is 4.03. The van der Waals surface area contributed by atoms with Gasteiger partial charge in [0.1, 0.15) is 23.7 Å². The maximum atomic E-state index is 14.6. The van der Waals surface area contributed by atoms with Gasteiger partial charge in [-0.2, -0.15) is 0 Å². The minimum absolute atomic E-state index is 0.135. The SMILES string of the molecule is CN=CC(C=N)C1=C(F)CC(=N)C(C(=N)c2cc(N3CCc4oncc4C3)ncn2)C1. The Kier molecular flexibility index (Phi) is 5.79. The summed E-state index contributed by atoms with van der Waals surface area (Å²) >= 11 is 0. The summed E-state index contributed by atoms with van der Waals surface area (Å²) in [5.74, 6) is -0.0202. The Morgan fingerprint density at radius 2 is 2.26 bits per heavy atom. The monoisotopic (exact) mass is 422 g/mol. The molecule has 0 saturated carbocycles. The smallest absolute Gasteiger partial charge is 0.143 e. The molecule has 0 saturated heterocycles. The van der Waals surface area contributed by atoms with Crippen molar-refractivity contribution >= 4 is 29.7 Å². The summed E-state index contributed by atoms with van der Waals surface area (Å²) in [6.07, 6.45) is 6.47. The number of hydrogen-bond donors (Lipinski definition) is 3. The third kappa shape index (κ3) is 4.05. The van der Waals surface area contributed by atoms with Gasteiger partial charge in [0, 0.05) is 68.7 Å². The molecule has 2 aliphatic rings. The predicted molar refractivity (Wildman–Crippen MR) is 115 cm³/mol. The summed E-state index contributed by atoms with van der Waals surface area (Å²) in [4.78, 5) is 14.6. The molecular weight excluding hydrogens is 399 g/mol. The van der Waals surface area contributed by atoms with Crippen LogP contribution in [0, 0.1) is 28.1 Å². The van der Waals surface area contributed by atoms with Gasteiger partial charge < -0.3 is 25.7 Å². The quantitative estimate of drug-likeness (QED) is 0.614. The van der Waals surface area contributed by atoms with E-state index in [9.17, 15) is 4.39 Å². The van der Waals surface area contributed by atoms with E-state index in [0.717, 1.165) is 24.0 Å². The van der Waals surface area contributed by atoms with E-state index < -0.39 is 17.7 Å². The molecule has 160 valence electrons. The van der Waals surface area contributed by atoms with E-state index in [4.69, 9.17) is 20.8 Å². The molecule has 9 nitrogen and oxygen atoms in total. The van der Waals surface area contributed by atoms with Crippen LogP contribution >= 0.6 is 0 Å². The second-order valence-electron chi connectivity index (χ2n) is 7.61. The summed E-state index contributed by atoms with van der Waals surface area (Å²) < 4.78 is 19.8. The van der Waals surface area contributed by atoms with Crippen LogP contribution in [0.1, 0.15) is 29.9 Å². The first-order chi connectivity index (χ1) is 15.0. The number of hydrogen-bond acceptors (Lipinski definition) is 9. The molecule has 0 bridgehead atoms. The van der Waals surface area contributed by atoms with Gasteiger partial charge in [0.2, 0.25) is 0 Å². The van der Waals surface area contributed by atoms with Crippen LogP contribution in [0.4, 0.5) is 10.2 Å². The van der Waals surface area contributed by atoms with Crippen molar-refractivity contribution in [1.82, 2.24) is 15.1 Å². The third-order valence-electron chi connectivity index (χ3n) is 5.73. The Labute approximate surface area is 178 Å². The van der Waals surface area contributed by atoms with E-state index >= 15 is 0 Å². The lowest BCUT2D eigenvalue weighted by Crippen LogP contribution is -2.32. The number of halogens is 1. The number of rotatable bonds is 6. The van der Waals surface area contributed by atoms with Crippen molar-refractivity contribution in [2.75, 3.05) is 18.5 Å². The zero-order valence-electron chi connectivity index (χ0n) is 17.1. The Morgan fingerprint density at radius 3 is 3.03 bits per heavy atom. The first-order valence-corrected chi connectivity index (χ1v) is 9.97. The molecular formula is C21H23FN8O. The van der Waals surface area contributed by atoms with E-state index in [1.807, 2.05) is 0 Å². The molecule has 4 rings (SSSR count). The van der Waals surface area contributed by atoms with Gasteiger partial charge in [-0.15, -0.1) is 0 Å². The van der Waals surface area contributed by atoms with E-state index in [2.05, 4.69) is 25.0 Å². The second kappa shape index (κ2) is 8.66. The van der Waals surface area contributed by atoms with Crippen LogP contribution in [-0.2, 0) is 13.0 Å². The highest BCUT2D eigenvalue weighted by atomic mass is 19.1. The van der Waals surface area contributed by atoms with Crippen molar-refractivity contribution in [1.29, 1.82) is 16.2 Å². The minimum atomic E-state index is -0.601. The molecule has 2 atom stereocenters. The van der Waals surface area contributed by atoms with Gasteiger partial charge in [-0.05, 0) is 12.0 Å². The Bertz CT molecular complexity index is 1090. The van der Waals surface area contributed by atoms with E-state index in [0.29, 0.717) is 30.2 Å². The number of nitrogens with one attached hydrogen (secondary N) is 3. The van der Waals surface area contributed by atoms with E-state index in [1.54, 1.807) is 19.3 Å². The van der Waals surface area contributed by atoms with Crippen LogP contribution in [0.15, 0.2) is 39.5 Å². The minimum Gasteiger partial charge on any atom is -0.361 e. The van der Waals surface area contributed by atoms with E-state index in [-0.39, 0.29) is 24.3 Å². The van der Waals surface area contributed by atoms with Crippen LogP contribution in [0.3, 0.4) is 0 Å². The standard InChI is InChI=1S/C21H23FN8O/c1-26-8-12(7-23)14-4-15(17(24)5-16(14)22)21(25)18-6-20(28-11-27-18)30-3-2-19-13(10-30)9-29-31-19/h6-9,11-12,15,23-25H,2-5,10H2,1H3. The molecule has 0 fully saturated rings. The lowest BCUT2D eigenvalue weighted by Gasteiger charge is -2.29. The molecule has 0 amide bonds. The summed E-state index contributed by atoms with van der Waals surface area (Å²) in [5.41, 5.74) is 2.11. The van der Waals surface area contributed by atoms with Crippen LogP contribution in [-0.4, -0.2) is 52.6 Å². The largest absolute Gasteiger partial charge is 0.361 e. The highest BCUT2D eigenvalue weighted by Crippen LogP contribution is 2.34. The molecule has 2 aromatic rings. The molecule has 3 heterocycles.